The van der Waals surface area contributed by atoms with Crippen LogP contribution in [0.2, 0.25) is 0 Å². The first kappa shape index (κ1) is 26.8. The third-order valence-corrected chi connectivity index (χ3v) is 7.90. The zero-order valence-electron chi connectivity index (χ0n) is 21.6. The van der Waals surface area contributed by atoms with Crippen LogP contribution in [0.4, 0.5) is 5.69 Å². The number of nitrogens with zero attached hydrogens (tertiary/aromatic N) is 2. The molecular weight excluding hydrogens is 500 g/mol. The highest BCUT2D eigenvalue weighted by Gasteiger charge is 2.25. The maximum Gasteiger partial charge on any atom is 0.264 e. The molecule has 0 fully saturated rings. The summed E-state index contributed by atoms with van der Waals surface area (Å²) in [5.41, 5.74) is 2.73. The van der Waals surface area contributed by atoms with Crippen molar-refractivity contribution < 1.29 is 22.7 Å². The molecule has 0 aliphatic heterocycles. The van der Waals surface area contributed by atoms with Crippen molar-refractivity contribution in [3.63, 3.8) is 0 Å². The number of methoxy groups -OCH3 is 2. The number of carbonyl (C=O) groups is 1. The van der Waals surface area contributed by atoms with Gasteiger partial charge < -0.3 is 14.4 Å². The fraction of sp³-hybridized carbons (Fsp3) is 0.167. The second-order valence-corrected chi connectivity index (χ2v) is 10.6. The summed E-state index contributed by atoms with van der Waals surface area (Å²) in [5.74, 6) is 1.08. The van der Waals surface area contributed by atoms with Crippen molar-refractivity contribution in [2.75, 3.05) is 25.6 Å². The van der Waals surface area contributed by atoms with Crippen molar-refractivity contribution in [1.29, 1.82) is 0 Å². The standard InChI is InChI=1S/C30H30N2O5S/c1-31(21-24-16-19-28(36-2)29(20-24)37-3)30(33)25-17-14-23(15-18-25)22-32(26-10-6-4-7-11-26)38(34,35)27-12-8-5-9-13-27/h4-20H,21-22H2,1-3H3. The van der Waals surface area contributed by atoms with Crippen molar-refractivity contribution in [2.24, 2.45) is 0 Å². The van der Waals surface area contributed by atoms with Crippen LogP contribution >= 0.6 is 0 Å². The minimum atomic E-state index is -3.80. The number of hydrogen-bond donors (Lipinski definition) is 0. The van der Waals surface area contributed by atoms with Gasteiger partial charge in [0.25, 0.3) is 15.9 Å². The van der Waals surface area contributed by atoms with Gasteiger partial charge >= 0.3 is 0 Å². The normalized spacial score (nSPS) is 11.0. The minimum Gasteiger partial charge on any atom is -0.493 e. The molecule has 0 spiro atoms. The Morgan fingerprint density at radius 1 is 0.711 bits per heavy atom. The largest absolute Gasteiger partial charge is 0.493 e. The second-order valence-electron chi connectivity index (χ2n) is 8.71. The number of para-hydroxylation sites is 1. The SMILES string of the molecule is COc1ccc(CN(C)C(=O)c2ccc(CN(c3ccccc3)S(=O)(=O)c3ccccc3)cc2)cc1OC. The van der Waals surface area contributed by atoms with E-state index in [0.29, 0.717) is 29.3 Å². The Hall–Kier alpha value is -4.30. The van der Waals surface area contributed by atoms with Gasteiger partial charge in [-0.15, -0.1) is 0 Å². The van der Waals surface area contributed by atoms with Gasteiger partial charge in [0.05, 0.1) is 31.3 Å². The maximum atomic E-state index is 13.5. The molecule has 0 saturated carbocycles. The molecule has 0 unspecified atom stereocenters. The van der Waals surface area contributed by atoms with E-state index in [4.69, 9.17) is 9.47 Å². The second kappa shape index (κ2) is 11.8. The Labute approximate surface area is 223 Å². The molecule has 0 atom stereocenters. The number of rotatable bonds is 10. The summed E-state index contributed by atoms with van der Waals surface area (Å²) >= 11 is 0. The number of anilines is 1. The number of benzene rings is 4. The zero-order valence-corrected chi connectivity index (χ0v) is 22.4. The summed E-state index contributed by atoms with van der Waals surface area (Å²) in [5, 5.41) is 0. The molecule has 38 heavy (non-hydrogen) atoms. The Morgan fingerprint density at radius 3 is 1.89 bits per heavy atom. The van der Waals surface area contributed by atoms with Crippen molar-refractivity contribution >= 4 is 21.6 Å². The molecule has 0 aliphatic carbocycles. The number of ether oxygens (including phenoxy) is 2. The molecule has 0 saturated heterocycles. The van der Waals surface area contributed by atoms with Gasteiger partial charge in [-0.1, -0.05) is 54.6 Å². The predicted octanol–water partition coefficient (Wildman–Crippen LogP) is 5.37. The van der Waals surface area contributed by atoms with Crippen LogP contribution in [0.15, 0.2) is 108 Å². The molecular formula is C30H30N2O5S. The fourth-order valence-corrected chi connectivity index (χ4v) is 5.57. The summed E-state index contributed by atoms with van der Waals surface area (Å²) in [7, 11) is 1.08. The van der Waals surface area contributed by atoms with Crippen molar-refractivity contribution in [3.05, 3.63) is 120 Å². The van der Waals surface area contributed by atoms with Gasteiger partial charge in [-0.3, -0.25) is 9.10 Å². The first-order valence-electron chi connectivity index (χ1n) is 12.0. The molecule has 0 aliphatic rings. The quantitative estimate of drug-likeness (QED) is 0.276. The van der Waals surface area contributed by atoms with Crippen LogP contribution in [0.5, 0.6) is 11.5 Å². The number of amides is 1. The first-order valence-corrected chi connectivity index (χ1v) is 13.5. The number of sulfonamides is 1. The van der Waals surface area contributed by atoms with Crippen LogP contribution in [-0.4, -0.2) is 40.5 Å². The lowest BCUT2D eigenvalue weighted by Crippen LogP contribution is -2.30. The lowest BCUT2D eigenvalue weighted by Gasteiger charge is -2.25. The fourth-order valence-electron chi connectivity index (χ4n) is 4.09. The molecule has 196 valence electrons. The molecule has 0 radical (unpaired) electrons. The highest BCUT2D eigenvalue weighted by Crippen LogP contribution is 2.28. The van der Waals surface area contributed by atoms with E-state index in [1.54, 1.807) is 105 Å². The van der Waals surface area contributed by atoms with E-state index < -0.39 is 10.0 Å². The third-order valence-electron chi connectivity index (χ3n) is 6.12. The van der Waals surface area contributed by atoms with Crippen molar-refractivity contribution in [1.82, 2.24) is 4.90 Å². The van der Waals surface area contributed by atoms with Gasteiger partial charge in [-0.25, -0.2) is 8.42 Å². The average molecular weight is 531 g/mol. The lowest BCUT2D eigenvalue weighted by atomic mass is 10.1. The topological polar surface area (TPSA) is 76.2 Å². The van der Waals surface area contributed by atoms with Gasteiger partial charge in [-0.2, -0.15) is 0 Å². The average Bonchev–Trinajstić information content (AvgIpc) is 2.96. The van der Waals surface area contributed by atoms with Crippen LogP contribution in [0.1, 0.15) is 21.5 Å². The van der Waals surface area contributed by atoms with Gasteiger partial charge in [0.15, 0.2) is 11.5 Å². The van der Waals surface area contributed by atoms with Crippen LogP contribution in [0.3, 0.4) is 0 Å². The van der Waals surface area contributed by atoms with E-state index in [9.17, 15) is 13.2 Å². The van der Waals surface area contributed by atoms with Crippen molar-refractivity contribution in [3.8, 4) is 11.5 Å². The van der Waals surface area contributed by atoms with E-state index in [0.717, 1.165) is 11.1 Å². The molecule has 4 aromatic rings. The molecule has 7 nitrogen and oxygen atoms in total. The van der Waals surface area contributed by atoms with E-state index in [-0.39, 0.29) is 17.3 Å². The Kier molecular flexibility index (Phi) is 8.33. The van der Waals surface area contributed by atoms with E-state index in [2.05, 4.69) is 0 Å². The van der Waals surface area contributed by atoms with Gasteiger partial charge in [-0.05, 0) is 59.7 Å². The number of hydrogen-bond acceptors (Lipinski definition) is 5. The van der Waals surface area contributed by atoms with Crippen LogP contribution in [0, 0.1) is 0 Å². The van der Waals surface area contributed by atoms with Crippen LogP contribution in [0.25, 0.3) is 0 Å². The predicted molar refractivity (Wildman–Crippen MR) is 148 cm³/mol. The van der Waals surface area contributed by atoms with Crippen LogP contribution < -0.4 is 13.8 Å². The van der Waals surface area contributed by atoms with Gasteiger partial charge in [0.1, 0.15) is 0 Å². The molecule has 4 aromatic carbocycles. The van der Waals surface area contributed by atoms with Crippen LogP contribution in [-0.2, 0) is 23.1 Å². The Bertz CT molecular complexity index is 1470. The van der Waals surface area contributed by atoms with E-state index in [1.807, 2.05) is 24.3 Å². The molecule has 0 N–H and O–H groups in total. The molecule has 0 aromatic heterocycles. The summed E-state index contributed by atoms with van der Waals surface area (Å²) < 4.78 is 39.0. The summed E-state index contributed by atoms with van der Waals surface area (Å²) in [6.45, 7) is 0.509. The van der Waals surface area contributed by atoms with Crippen molar-refractivity contribution in [2.45, 2.75) is 18.0 Å². The Balaban J connectivity index is 1.52. The molecule has 0 bridgehead atoms. The maximum absolute atomic E-state index is 13.5. The monoisotopic (exact) mass is 530 g/mol. The van der Waals surface area contributed by atoms with Gasteiger partial charge in [0.2, 0.25) is 0 Å². The highest BCUT2D eigenvalue weighted by molar-refractivity contribution is 7.92. The minimum absolute atomic E-state index is 0.122. The Morgan fingerprint density at radius 2 is 1.29 bits per heavy atom. The highest BCUT2D eigenvalue weighted by atomic mass is 32.2. The molecule has 8 heteroatoms. The molecule has 4 rings (SSSR count). The first-order chi connectivity index (χ1) is 18.3. The van der Waals surface area contributed by atoms with E-state index >= 15 is 0 Å². The number of carbonyl (C=O) groups excluding carboxylic acids is 1. The van der Waals surface area contributed by atoms with Gasteiger partial charge in [0, 0.05) is 19.2 Å². The smallest absolute Gasteiger partial charge is 0.264 e. The lowest BCUT2D eigenvalue weighted by molar-refractivity contribution is 0.0785. The summed E-state index contributed by atoms with van der Waals surface area (Å²) in [6.07, 6.45) is 0. The molecule has 0 heterocycles. The summed E-state index contributed by atoms with van der Waals surface area (Å²) in [6, 6.07) is 29.9. The third kappa shape index (κ3) is 5.98. The molecule has 1 amide bonds. The summed E-state index contributed by atoms with van der Waals surface area (Å²) in [4.78, 5) is 14.9. The van der Waals surface area contributed by atoms with E-state index in [1.165, 1.54) is 4.31 Å². The zero-order chi connectivity index (χ0) is 27.1.